The molecule has 1 saturated carbocycles. The Balaban J connectivity index is 2.13. The normalized spacial score (nSPS) is 30.6. The van der Waals surface area contributed by atoms with Crippen molar-refractivity contribution in [2.24, 2.45) is 5.92 Å². The van der Waals surface area contributed by atoms with Crippen LogP contribution in [0.5, 0.6) is 0 Å². The molecule has 0 aromatic rings. The van der Waals surface area contributed by atoms with E-state index in [9.17, 15) is 13.9 Å². The molecule has 0 radical (unpaired) electrons. The standard InChI is InChI=1S/C10H19F2NO/c1-7(10(11)12)13-6-8-2-4-9(14)5-3-8/h7-10,13-14H,2-6H2,1H3. The van der Waals surface area contributed by atoms with Crippen molar-refractivity contribution in [2.45, 2.75) is 51.2 Å². The van der Waals surface area contributed by atoms with Gasteiger partial charge in [0.15, 0.2) is 0 Å². The minimum atomic E-state index is -2.29. The number of rotatable bonds is 4. The highest BCUT2D eigenvalue weighted by Gasteiger charge is 2.21. The third-order valence-electron chi connectivity index (χ3n) is 2.92. The molecule has 1 aliphatic carbocycles. The van der Waals surface area contributed by atoms with Crippen LogP contribution in [0.2, 0.25) is 0 Å². The molecule has 1 unspecified atom stereocenters. The molecule has 0 amide bonds. The lowest BCUT2D eigenvalue weighted by Gasteiger charge is -2.26. The van der Waals surface area contributed by atoms with Gasteiger partial charge in [0.05, 0.1) is 12.1 Å². The van der Waals surface area contributed by atoms with Gasteiger partial charge in [0.2, 0.25) is 0 Å². The van der Waals surface area contributed by atoms with Gasteiger partial charge in [0, 0.05) is 0 Å². The summed E-state index contributed by atoms with van der Waals surface area (Å²) in [7, 11) is 0. The fraction of sp³-hybridized carbons (Fsp3) is 1.00. The maximum Gasteiger partial charge on any atom is 0.253 e. The van der Waals surface area contributed by atoms with Crippen LogP contribution in [-0.4, -0.2) is 30.2 Å². The van der Waals surface area contributed by atoms with E-state index in [1.807, 2.05) is 0 Å². The van der Waals surface area contributed by atoms with Gasteiger partial charge >= 0.3 is 0 Å². The van der Waals surface area contributed by atoms with E-state index in [1.54, 1.807) is 0 Å². The van der Waals surface area contributed by atoms with E-state index >= 15 is 0 Å². The molecule has 0 heterocycles. The second-order valence-electron chi connectivity index (χ2n) is 4.21. The van der Waals surface area contributed by atoms with Gasteiger partial charge in [-0.1, -0.05) is 0 Å². The van der Waals surface area contributed by atoms with Gasteiger partial charge in [-0.2, -0.15) is 0 Å². The SMILES string of the molecule is CC(NCC1CCC(O)CC1)C(F)F. The van der Waals surface area contributed by atoms with Crippen molar-refractivity contribution >= 4 is 0 Å². The number of alkyl halides is 2. The highest BCUT2D eigenvalue weighted by Crippen LogP contribution is 2.23. The van der Waals surface area contributed by atoms with Crippen molar-refractivity contribution in [3.05, 3.63) is 0 Å². The first-order chi connectivity index (χ1) is 6.59. The van der Waals surface area contributed by atoms with Crippen LogP contribution in [0.15, 0.2) is 0 Å². The number of aliphatic hydroxyl groups is 1. The zero-order chi connectivity index (χ0) is 10.6. The van der Waals surface area contributed by atoms with Crippen molar-refractivity contribution in [1.29, 1.82) is 0 Å². The fourth-order valence-electron chi connectivity index (χ4n) is 1.79. The lowest BCUT2D eigenvalue weighted by molar-refractivity contribution is 0.0895. The summed E-state index contributed by atoms with van der Waals surface area (Å²) in [4.78, 5) is 0. The summed E-state index contributed by atoms with van der Waals surface area (Å²) in [5.41, 5.74) is 0. The average Bonchev–Trinajstić information content (AvgIpc) is 2.16. The molecule has 2 N–H and O–H groups in total. The highest BCUT2D eigenvalue weighted by atomic mass is 19.3. The Hall–Kier alpha value is -0.220. The zero-order valence-corrected chi connectivity index (χ0v) is 8.55. The van der Waals surface area contributed by atoms with Crippen molar-refractivity contribution in [3.63, 3.8) is 0 Å². The smallest absolute Gasteiger partial charge is 0.253 e. The molecule has 84 valence electrons. The molecular formula is C10H19F2NO. The first-order valence-electron chi connectivity index (χ1n) is 5.29. The zero-order valence-electron chi connectivity index (χ0n) is 8.55. The summed E-state index contributed by atoms with van der Waals surface area (Å²) in [5, 5.41) is 12.1. The first kappa shape index (κ1) is 11.9. The Morgan fingerprint density at radius 3 is 2.36 bits per heavy atom. The molecule has 1 atom stereocenters. The van der Waals surface area contributed by atoms with Crippen LogP contribution in [0.4, 0.5) is 8.78 Å². The van der Waals surface area contributed by atoms with Gasteiger partial charge < -0.3 is 10.4 Å². The summed E-state index contributed by atoms with van der Waals surface area (Å²) in [6.45, 7) is 2.15. The number of nitrogens with one attached hydrogen (secondary N) is 1. The monoisotopic (exact) mass is 207 g/mol. The number of halogens is 2. The second kappa shape index (κ2) is 5.61. The van der Waals surface area contributed by atoms with E-state index in [2.05, 4.69) is 5.32 Å². The molecular weight excluding hydrogens is 188 g/mol. The summed E-state index contributed by atoms with van der Waals surface area (Å²) in [5.74, 6) is 0.458. The van der Waals surface area contributed by atoms with Crippen molar-refractivity contribution in [3.8, 4) is 0 Å². The van der Waals surface area contributed by atoms with E-state index in [4.69, 9.17) is 0 Å². The van der Waals surface area contributed by atoms with E-state index in [0.717, 1.165) is 25.7 Å². The molecule has 0 bridgehead atoms. The summed E-state index contributed by atoms with van der Waals surface area (Å²) in [6, 6.07) is -0.721. The average molecular weight is 207 g/mol. The molecule has 0 aromatic heterocycles. The summed E-state index contributed by atoms with van der Waals surface area (Å²) in [6.07, 6.45) is 1.07. The van der Waals surface area contributed by atoms with Crippen molar-refractivity contribution < 1.29 is 13.9 Å². The number of hydrogen-bond acceptors (Lipinski definition) is 2. The predicted molar refractivity (Wildman–Crippen MR) is 51.4 cm³/mol. The Kier molecular flexibility index (Phi) is 4.75. The van der Waals surface area contributed by atoms with Crippen LogP contribution in [0, 0.1) is 5.92 Å². The van der Waals surface area contributed by atoms with E-state index in [-0.39, 0.29) is 6.10 Å². The molecule has 1 aliphatic rings. The molecule has 1 fully saturated rings. The molecule has 0 aliphatic heterocycles. The minimum Gasteiger partial charge on any atom is -0.393 e. The van der Waals surface area contributed by atoms with Crippen LogP contribution in [0.3, 0.4) is 0 Å². The van der Waals surface area contributed by atoms with Gasteiger partial charge in [0.25, 0.3) is 6.43 Å². The van der Waals surface area contributed by atoms with Crippen LogP contribution in [0.25, 0.3) is 0 Å². The topological polar surface area (TPSA) is 32.3 Å². The second-order valence-corrected chi connectivity index (χ2v) is 4.21. The van der Waals surface area contributed by atoms with E-state index in [0.29, 0.717) is 12.5 Å². The highest BCUT2D eigenvalue weighted by molar-refractivity contribution is 4.74. The third-order valence-corrected chi connectivity index (χ3v) is 2.92. The van der Waals surface area contributed by atoms with Crippen LogP contribution < -0.4 is 5.32 Å². The van der Waals surface area contributed by atoms with Crippen LogP contribution >= 0.6 is 0 Å². The molecule has 2 nitrogen and oxygen atoms in total. The van der Waals surface area contributed by atoms with E-state index < -0.39 is 12.5 Å². The fourth-order valence-corrected chi connectivity index (χ4v) is 1.79. The third kappa shape index (κ3) is 3.88. The molecule has 0 saturated heterocycles. The van der Waals surface area contributed by atoms with Crippen molar-refractivity contribution in [2.75, 3.05) is 6.54 Å². The number of aliphatic hydroxyl groups excluding tert-OH is 1. The Morgan fingerprint density at radius 1 is 1.29 bits per heavy atom. The van der Waals surface area contributed by atoms with Gasteiger partial charge in [-0.05, 0) is 45.1 Å². The van der Waals surface area contributed by atoms with E-state index in [1.165, 1.54) is 6.92 Å². The van der Waals surface area contributed by atoms with Crippen molar-refractivity contribution in [1.82, 2.24) is 5.32 Å². The maximum absolute atomic E-state index is 12.1. The summed E-state index contributed by atoms with van der Waals surface area (Å²) >= 11 is 0. The molecule has 0 spiro atoms. The maximum atomic E-state index is 12.1. The molecule has 4 heteroatoms. The molecule has 0 aromatic carbocycles. The van der Waals surface area contributed by atoms with Gasteiger partial charge in [-0.15, -0.1) is 0 Å². The molecule has 1 rings (SSSR count). The first-order valence-corrected chi connectivity index (χ1v) is 5.29. The predicted octanol–water partition coefficient (Wildman–Crippen LogP) is 1.78. The quantitative estimate of drug-likeness (QED) is 0.736. The Labute approximate surface area is 83.7 Å². The van der Waals surface area contributed by atoms with Crippen LogP contribution in [0.1, 0.15) is 32.6 Å². The summed E-state index contributed by atoms with van der Waals surface area (Å²) < 4.78 is 24.3. The molecule has 14 heavy (non-hydrogen) atoms. The minimum absolute atomic E-state index is 0.168. The Morgan fingerprint density at radius 2 is 1.86 bits per heavy atom. The number of hydrogen-bond donors (Lipinski definition) is 2. The lowest BCUT2D eigenvalue weighted by atomic mass is 9.87. The van der Waals surface area contributed by atoms with Gasteiger partial charge in [0.1, 0.15) is 0 Å². The van der Waals surface area contributed by atoms with Gasteiger partial charge in [-0.25, -0.2) is 8.78 Å². The Bertz CT molecular complexity index is 158. The largest absolute Gasteiger partial charge is 0.393 e. The van der Waals surface area contributed by atoms with Crippen LogP contribution in [-0.2, 0) is 0 Å². The van der Waals surface area contributed by atoms with Gasteiger partial charge in [-0.3, -0.25) is 0 Å². The lowest BCUT2D eigenvalue weighted by Crippen LogP contribution is -2.37.